The van der Waals surface area contributed by atoms with Gasteiger partial charge in [0.15, 0.2) is 5.65 Å². The molecule has 0 radical (unpaired) electrons. The second-order valence-electron chi connectivity index (χ2n) is 14.5. The first-order valence-electron chi connectivity index (χ1n) is 18.8. The molecule has 0 bridgehead atoms. The molecule has 276 valence electrons. The quantitative estimate of drug-likeness (QED) is 0.106. The molecule has 3 fully saturated rings. The summed E-state index contributed by atoms with van der Waals surface area (Å²) in [5.74, 6) is 0.385. The van der Waals surface area contributed by atoms with Crippen LogP contribution in [-0.2, 0) is 16.1 Å². The number of aromatic nitrogens is 4. The van der Waals surface area contributed by atoms with E-state index in [0.29, 0.717) is 24.0 Å². The summed E-state index contributed by atoms with van der Waals surface area (Å²) in [6.07, 6.45) is 6.95. The molecule has 0 spiro atoms. The van der Waals surface area contributed by atoms with Crippen LogP contribution in [0.1, 0.15) is 71.4 Å². The van der Waals surface area contributed by atoms with Crippen molar-refractivity contribution in [2.45, 2.75) is 62.5 Å². The second kappa shape index (κ2) is 14.4. The largest absolute Gasteiger partial charge is 0.369 e. The van der Waals surface area contributed by atoms with E-state index >= 15 is 0 Å². The van der Waals surface area contributed by atoms with Crippen LogP contribution in [0.5, 0.6) is 0 Å². The summed E-state index contributed by atoms with van der Waals surface area (Å²) in [4.78, 5) is 58.2. The zero-order valence-corrected chi connectivity index (χ0v) is 30.7. The number of amides is 3. The van der Waals surface area contributed by atoms with Gasteiger partial charge >= 0.3 is 0 Å². The van der Waals surface area contributed by atoms with Gasteiger partial charge in [-0.2, -0.15) is 4.98 Å². The van der Waals surface area contributed by atoms with Gasteiger partial charge in [0.25, 0.3) is 5.91 Å². The van der Waals surface area contributed by atoms with Crippen molar-refractivity contribution in [2.24, 2.45) is 0 Å². The fourth-order valence-corrected chi connectivity index (χ4v) is 8.76. The number of imidazole rings is 1. The molecule has 1 aliphatic carbocycles. The highest BCUT2D eigenvalue weighted by molar-refractivity contribution is 7.80. The molecule has 14 heteroatoms. The number of thiol groups is 1. The summed E-state index contributed by atoms with van der Waals surface area (Å²) in [6, 6.07) is 24.1. The topological polar surface area (TPSA) is 141 Å². The SMILES string of the molecule is O=C1CCC(N2C(=O)c3ccc(CN4CCN(c5ccc(Nc6ncc7nc(Nc8ccccc8)n(C8CCCC8)c7n6)cc5)CC4)cc3C2S)C(=O)N1. The highest BCUT2D eigenvalue weighted by Gasteiger charge is 2.43. The molecule has 3 amide bonds. The Morgan fingerprint density at radius 3 is 2.35 bits per heavy atom. The number of hydrogen-bond acceptors (Lipinski definition) is 11. The number of carbonyl (C=O) groups is 3. The summed E-state index contributed by atoms with van der Waals surface area (Å²) in [6.45, 7) is 4.32. The van der Waals surface area contributed by atoms with Crippen LogP contribution < -0.4 is 20.9 Å². The molecule has 2 aromatic heterocycles. The van der Waals surface area contributed by atoms with Crippen molar-refractivity contribution in [1.82, 2.24) is 34.6 Å². The van der Waals surface area contributed by atoms with Gasteiger partial charge in [-0.3, -0.25) is 29.2 Å². The lowest BCUT2D eigenvalue weighted by Gasteiger charge is -2.36. The van der Waals surface area contributed by atoms with E-state index in [4.69, 9.17) is 22.6 Å². The number of anilines is 5. The summed E-state index contributed by atoms with van der Waals surface area (Å²) in [5, 5.41) is 8.75. The van der Waals surface area contributed by atoms with E-state index in [1.165, 1.54) is 17.7 Å². The number of para-hydroxylation sites is 1. The number of fused-ring (bicyclic) bond motifs is 2. The zero-order chi connectivity index (χ0) is 36.8. The van der Waals surface area contributed by atoms with Gasteiger partial charge in [-0.25, -0.2) is 9.97 Å². The summed E-state index contributed by atoms with van der Waals surface area (Å²) in [5.41, 5.74) is 7.16. The first-order valence-corrected chi connectivity index (χ1v) is 19.3. The lowest BCUT2D eigenvalue weighted by atomic mass is 10.0. The molecule has 2 saturated heterocycles. The third-order valence-electron chi connectivity index (χ3n) is 11.1. The van der Waals surface area contributed by atoms with Gasteiger partial charge in [0, 0.05) is 67.8 Å². The number of piperazine rings is 1. The van der Waals surface area contributed by atoms with E-state index in [9.17, 15) is 14.4 Å². The molecule has 5 aromatic rings. The third kappa shape index (κ3) is 6.64. The Balaban J connectivity index is 0.825. The number of rotatable bonds is 9. The first kappa shape index (κ1) is 34.3. The Labute approximate surface area is 318 Å². The Bertz CT molecular complexity index is 2210. The van der Waals surface area contributed by atoms with Crippen molar-refractivity contribution in [3.05, 3.63) is 95.7 Å². The number of nitrogens with zero attached hydrogens (tertiary/aromatic N) is 7. The van der Waals surface area contributed by atoms with Gasteiger partial charge in [-0.05, 0) is 72.9 Å². The molecular weight excluding hydrogens is 701 g/mol. The minimum absolute atomic E-state index is 0.212. The van der Waals surface area contributed by atoms with E-state index in [1.54, 1.807) is 6.20 Å². The maximum absolute atomic E-state index is 13.3. The van der Waals surface area contributed by atoms with Crippen LogP contribution in [0.4, 0.5) is 29.0 Å². The van der Waals surface area contributed by atoms with Crippen molar-refractivity contribution in [2.75, 3.05) is 41.7 Å². The predicted molar refractivity (Wildman–Crippen MR) is 210 cm³/mol. The van der Waals surface area contributed by atoms with Crippen LogP contribution in [0.15, 0.2) is 79.0 Å². The zero-order valence-electron chi connectivity index (χ0n) is 29.8. The van der Waals surface area contributed by atoms with Crippen LogP contribution in [0.25, 0.3) is 11.2 Å². The number of nitrogens with one attached hydrogen (secondary N) is 3. The minimum Gasteiger partial charge on any atom is -0.369 e. The third-order valence-corrected chi connectivity index (χ3v) is 11.6. The van der Waals surface area contributed by atoms with E-state index in [0.717, 1.165) is 90.9 Å². The van der Waals surface area contributed by atoms with Crippen molar-refractivity contribution >= 4 is 70.5 Å². The van der Waals surface area contributed by atoms with Gasteiger partial charge in [-0.15, -0.1) is 12.6 Å². The first-order chi connectivity index (χ1) is 26.4. The van der Waals surface area contributed by atoms with Crippen LogP contribution >= 0.6 is 12.6 Å². The highest BCUT2D eigenvalue weighted by atomic mass is 32.1. The maximum atomic E-state index is 13.3. The lowest BCUT2D eigenvalue weighted by Crippen LogP contribution is -2.53. The van der Waals surface area contributed by atoms with Gasteiger partial charge < -0.3 is 20.4 Å². The van der Waals surface area contributed by atoms with Crippen LogP contribution in [0, 0.1) is 0 Å². The molecule has 4 aliphatic rings. The fraction of sp³-hybridized carbons (Fsp3) is 0.350. The van der Waals surface area contributed by atoms with Crippen LogP contribution in [-0.4, -0.2) is 79.3 Å². The van der Waals surface area contributed by atoms with Gasteiger partial charge in [0.2, 0.25) is 23.7 Å². The van der Waals surface area contributed by atoms with Crippen LogP contribution in [0.2, 0.25) is 0 Å². The summed E-state index contributed by atoms with van der Waals surface area (Å²) >= 11 is 4.75. The number of hydrogen-bond donors (Lipinski definition) is 4. The van der Waals surface area contributed by atoms with E-state index in [2.05, 4.69) is 59.6 Å². The fourth-order valence-electron chi connectivity index (χ4n) is 8.28. The molecular formula is C40H42N10O3S. The molecule has 13 nitrogen and oxygen atoms in total. The van der Waals surface area contributed by atoms with Gasteiger partial charge in [0.05, 0.1) is 6.20 Å². The Morgan fingerprint density at radius 2 is 1.59 bits per heavy atom. The smallest absolute Gasteiger partial charge is 0.256 e. The normalized spacial score (nSPS) is 20.8. The molecule has 3 aliphatic heterocycles. The number of piperidine rings is 1. The molecule has 3 N–H and O–H groups in total. The van der Waals surface area contributed by atoms with Crippen molar-refractivity contribution < 1.29 is 14.4 Å². The Morgan fingerprint density at radius 1 is 0.833 bits per heavy atom. The van der Waals surface area contributed by atoms with Crippen molar-refractivity contribution in [1.29, 1.82) is 0 Å². The maximum Gasteiger partial charge on any atom is 0.256 e. The Kier molecular flexibility index (Phi) is 9.15. The molecule has 9 rings (SSSR count). The van der Waals surface area contributed by atoms with E-state index in [-0.39, 0.29) is 18.2 Å². The molecule has 54 heavy (non-hydrogen) atoms. The molecule has 3 aromatic carbocycles. The van der Waals surface area contributed by atoms with E-state index < -0.39 is 17.3 Å². The van der Waals surface area contributed by atoms with Gasteiger partial charge in [0.1, 0.15) is 16.9 Å². The summed E-state index contributed by atoms with van der Waals surface area (Å²) in [7, 11) is 0. The number of benzene rings is 3. The predicted octanol–water partition coefficient (Wildman–Crippen LogP) is 5.94. The van der Waals surface area contributed by atoms with E-state index in [1.807, 2.05) is 48.5 Å². The second-order valence-corrected chi connectivity index (χ2v) is 15.0. The van der Waals surface area contributed by atoms with Crippen LogP contribution in [0.3, 0.4) is 0 Å². The molecule has 2 atom stereocenters. The monoisotopic (exact) mass is 742 g/mol. The lowest BCUT2D eigenvalue weighted by molar-refractivity contribution is -0.137. The molecule has 5 heterocycles. The Hall–Kier alpha value is -5.47. The van der Waals surface area contributed by atoms with Crippen molar-refractivity contribution in [3.8, 4) is 0 Å². The average molecular weight is 743 g/mol. The molecule has 2 unspecified atom stereocenters. The minimum atomic E-state index is -0.697. The highest BCUT2D eigenvalue weighted by Crippen LogP contribution is 2.40. The molecule has 1 saturated carbocycles. The van der Waals surface area contributed by atoms with Gasteiger partial charge in [-0.1, -0.05) is 43.2 Å². The summed E-state index contributed by atoms with van der Waals surface area (Å²) < 4.78 is 2.25. The number of carbonyl (C=O) groups excluding carboxylic acids is 3. The van der Waals surface area contributed by atoms with Crippen molar-refractivity contribution in [3.63, 3.8) is 0 Å². The standard InChI is InChI=1S/C40H42N10O3S/c51-34-17-16-33(36(52)45-34)50-37(53)30-15-10-25(22-31(30)38(50)54)24-47-18-20-48(21-19-47)28-13-11-27(12-14-28)42-39-41-23-32-35(46-39)49(29-8-4-5-9-29)40(44-32)43-26-6-2-1-3-7-26/h1-3,6-7,10-15,22-23,29,33,38,54H,4-5,8-9,16-21,24H2,(H,43,44)(H,41,42,46)(H,45,51,52). The average Bonchev–Trinajstić information content (AvgIpc) is 3.90. The number of imide groups is 1.